The highest BCUT2D eigenvalue weighted by molar-refractivity contribution is 7.99. The monoisotopic (exact) mass is 262 g/mol. The number of pyridine rings is 1. The predicted octanol–water partition coefficient (Wildman–Crippen LogP) is 0.405. The van der Waals surface area contributed by atoms with E-state index in [9.17, 15) is 13.2 Å². The van der Waals surface area contributed by atoms with Crippen LogP contribution in [0.2, 0.25) is 0 Å². The average Bonchev–Trinajstić information content (AvgIpc) is 2.26. The van der Waals surface area contributed by atoms with Gasteiger partial charge in [-0.1, -0.05) is 6.92 Å². The summed E-state index contributed by atoms with van der Waals surface area (Å²) in [6, 6.07) is 2.47. The maximum atomic E-state index is 11.7. The zero-order valence-corrected chi connectivity index (χ0v) is 10.7. The SMILES string of the molecule is CSC(C)CNS(=O)(=O)c1ccc(=O)[nH]c1. The topological polar surface area (TPSA) is 79.0 Å². The van der Waals surface area contributed by atoms with Gasteiger partial charge < -0.3 is 4.98 Å². The Kier molecular flexibility index (Phi) is 4.57. The van der Waals surface area contributed by atoms with Crippen molar-refractivity contribution in [3.63, 3.8) is 0 Å². The van der Waals surface area contributed by atoms with Crippen molar-refractivity contribution in [1.29, 1.82) is 0 Å². The predicted molar refractivity (Wildman–Crippen MR) is 65.2 cm³/mol. The number of rotatable bonds is 5. The van der Waals surface area contributed by atoms with Crippen molar-refractivity contribution in [3.8, 4) is 0 Å². The van der Waals surface area contributed by atoms with Gasteiger partial charge >= 0.3 is 0 Å². The van der Waals surface area contributed by atoms with E-state index in [0.717, 1.165) is 0 Å². The molecule has 90 valence electrons. The van der Waals surface area contributed by atoms with E-state index < -0.39 is 10.0 Å². The van der Waals surface area contributed by atoms with Gasteiger partial charge in [-0.3, -0.25) is 4.79 Å². The summed E-state index contributed by atoms with van der Waals surface area (Å²) in [6.45, 7) is 2.29. The van der Waals surface area contributed by atoms with Gasteiger partial charge in [0.25, 0.3) is 0 Å². The van der Waals surface area contributed by atoms with Crippen molar-refractivity contribution in [1.82, 2.24) is 9.71 Å². The molecule has 0 saturated heterocycles. The van der Waals surface area contributed by atoms with Crippen molar-refractivity contribution in [2.75, 3.05) is 12.8 Å². The fraction of sp³-hybridized carbons (Fsp3) is 0.444. The fourth-order valence-corrected chi connectivity index (χ4v) is 2.41. The zero-order chi connectivity index (χ0) is 12.2. The molecule has 1 rings (SSSR count). The normalized spacial score (nSPS) is 13.6. The molecule has 7 heteroatoms. The van der Waals surface area contributed by atoms with Crippen LogP contribution in [0.3, 0.4) is 0 Å². The Morgan fingerprint density at radius 2 is 2.19 bits per heavy atom. The highest BCUT2D eigenvalue weighted by atomic mass is 32.2. The molecule has 0 saturated carbocycles. The molecule has 0 aliphatic heterocycles. The van der Waals surface area contributed by atoms with Crippen LogP contribution in [0.5, 0.6) is 0 Å². The molecule has 1 heterocycles. The number of nitrogens with one attached hydrogen (secondary N) is 2. The molecule has 2 N–H and O–H groups in total. The van der Waals surface area contributed by atoms with E-state index in [1.54, 1.807) is 11.8 Å². The van der Waals surface area contributed by atoms with E-state index in [1.165, 1.54) is 18.3 Å². The minimum absolute atomic E-state index is 0.0698. The molecule has 1 aromatic heterocycles. The standard InChI is InChI=1S/C9H14N2O3S2/c1-7(15-2)5-11-16(13,14)8-3-4-9(12)10-6-8/h3-4,6-7,11H,5H2,1-2H3,(H,10,12). The minimum Gasteiger partial charge on any atom is -0.328 e. The van der Waals surface area contributed by atoms with Crippen LogP contribution in [0.4, 0.5) is 0 Å². The third kappa shape index (κ3) is 3.66. The quantitative estimate of drug-likeness (QED) is 0.805. The van der Waals surface area contributed by atoms with E-state index in [2.05, 4.69) is 9.71 Å². The number of aromatic nitrogens is 1. The van der Waals surface area contributed by atoms with Crippen molar-refractivity contribution >= 4 is 21.8 Å². The van der Waals surface area contributed by atoms with E-state index in [4.69, 9.17) is 0 Å². The van der Waals surface area contributed by atoms with Gasteiger partial charge in [-0.25, -0.2) is 13.1 Å². The Morgan fingerprint density at radius 1 is 1.50 bits per heavy atom. The van der Waals surface area contributed by atoms with Crippen molar-refractivity contribution < 1.29 is 8.42 Å². The van der Waals surface area contributed by atoms with Gasteiger partial charge in [0.15, 0.2) is 0 Å². The number of sulfonamides is 1. The van der Waals surface area contributed by atoms with Crippen LogP contribution in [0.25, 0.3) is 0 Å². The number of thioether (sulfide) groups is 1. The lowest BCUT2D eigenvalue weighted by molar-refractivity contribution is 0.581. The lowest BCUT2D eigenvalue weighted by Crippen LogP contribution is -2.29. The molecule has 1 aromatic rings. The van der Waals surface area contributed by atoms with Crippen LogP contribution < -0.4 is 10.3 Å². The minimum atomic E-state index is -3.52. The third-order valence-corrected chi connectivity index (χ3v) is 4.42. The first-order valence-electron chi connectivity index (χ1n) is 4.67. The first-order valence-corrected chi connectivity index (χ1v) is 7.44. The molecule has 1 unspecified atom stereocenters. The molecule has 5 nitrogen and oxygen atoms in total. The summed E-state index contributed by atoms with van der Waals surface area (Å²) in [6.07, 6.45) is 3.10. The smallest absolute Gasteiger partial charge is 0.247 e. The second-order valence-corrected chi connectivity index (χ2v) is 6.33. The summed E-state index contributed by atoms with van der Waals surface area (Å²) in [4.78, 5) is 13.2. The van der Waals surface area contributed by atoms with Gasteiger partial charge in [0, 0.05) is 24.1 Å². The summed E-state index contributed by atoms with van der Waals surface area (Å²) in [5, 5.41) is 0.206. The number of aromatic amines is 1. The summed E-state index contributed by atoms with van der Waals surface area (Å²) in [7, 11) is -3.52. The Balaban J connectivity index is 2.78. The van der Waals surface area contributed by atoms with Crippen molar-refractivity contribution in [2.24, 2.45) is 0 Å². The Hall–Kier alpha value is -0.790. The highest BCUT2D eigenvalue weighted by Gasteiger charge is 2.14. The van der Waals surface area contributed by atoms with Gasteiger partial charge in [0.05, 0.1) is 4.90 Å². The van der Waals surface area contributed by atoms with Gasteiger partial charge in [-0.2, -0.15) is 11.8 Å². The first-order chi connectivity index (χ1) is 7.45. The number of hydrogen-bond donors (Lipinski definition) is 2. The Morgan fingerprint density at radius 3 is 2.69 bits per heavy atom. The second-order valence-electron chi connectivity index (χ2n) is 3.29. The first kappa shape index (κ1) is 13.3. The Bertz CT molecular complexity index is 475. The second kappa shape index (κ2) is 5.51. The molecule has 16 heavy (non-hydrogen) atoms. The van der Waals surface area contributed by atoms with Gasteiger partial charge in [-0.05, 0) is 12.3 Å². The number of H-pyrrole nitrogens is 1. The largest absolute Gasteiger partial charge is 0.328 e. The van der Waals surface area contributed by atoms with Gasteiger partial charge in [0.2, 0.25) is 15.6 Å². The van der Waals surface area contributed by atoms with E-state index >= 15 is 0 Å². The molecule has 0 aromatic carbocycles. The Labute approximate surface area is 98.7 Å². The molecular weight excluding hydrogens is 248 g/mol. The zero-order valence-electron chi connectivity index (χ0n) is 9.06. The molecular formula is C9H14N2O3S2. The average molecular weight is 262 g/mol. The maximum absolute atomic E-state index is 11.7. The van der Waals surface area contributed by atoms with Crippen LogP contribution >= 0.6 is 11.8 Å². The molecule has 0 aliphatic rings. The number of hydrogen-bond acceptors (Lipinski definition) is 4. The van der Waals surface area contributed by atoms with Crippen LogP contribution in [-0.2, 0) is 10.0 Å². The molecule has 0 fully saturated rings. The van der Waals surface area contributed by atoms with E-state index in [-0.39, 0.29) is 15.7 Å². The van der Waals surface area contributed by atoms with Gasteiger partial charge in [-0.15, -0.1) is 0 Å². The summed E-state index contributed by atoms with van der Waals surface area (Å²) in [5.74, 6) is 0. The molecule has 0 amide bonds. The van der Waals surface area contributed by atoms with E-state index in [0.29, 0.717) is 6.54 Å². The summed E-state index contributed by atoms with van der Waals surface area (Å²) in [5.41, 5.74) is -0.323. The molecule has 0 spiro atoms. The lowest BCUT2D eigenvalue weighted by atomic mass is 10.5. The summed E-state index contributed by atoms with van der Waals surface area (Å²) >= 11 is 1.58. The summed E-state index contributed by atoms with van der Waals surface area (Å²) < 4.78 is 25.9. The van der Waals surface area contributed by atoms with Crippen LogP contribution in [0.15, 0.2) is 28.0 Å². The third-order valence-electron chi connectivity index (χ3n) is 2.03. The van der Waals surface area contributed by atoms with Crippen molar-refractivity contribution in [3.05, 3.63) is 28.7 Å². The van der Waals surface area contributed by atoms with E-state index in [1.807, 2.05) is 13.2 Å². The fourth-order valence-electron chi connectivity index (χ4n) is 0.957. The molecule has 0 bridgehead atoms. The molecule has 1 atom stereocenters. The van der Waals surface area contributed by atoms with Crippen LogP contribution in [0.1, 0.15) is 6.92 Å². The highest BCUT2D eigenvalue weighted by Crippen LogP contribution is 2.07. The maximum Gasteiger partial charge on any atom is 0.247 e. The lowest BCUT2D eigenvalue weighted by Gasteiger charge is -2.10. The van der Waals surface area contributed by atoms with Crippen LogP contribution in [0, 0.1) is 0 Å². The molecule has 0 aliphatic carbocycles. The van der Waals surface area contributed by atoms with Crippen molar-refractivity contribution in [2.45, 2.75) is 17.1 Å². The van der Waals surface area contributed by atoms with Gasteiger partial charge in [0.1, 0.15) is 0 Å². The molecule has 0 radical (unpaired) electrons. The van der Waals surface area contributed by atoms with Crippen LogP contribution in [-0.4, -0.2) is 31.5 Å².